The highest BCUT2D eigenvalue weighted by molar-refractivity contribution is 5.17. The minimum atomic E-state index is 0.387. The third-order valence-corrected chi connectivity index (χ3v) is 7.68. The van der Waals surface area contributed by atoms with Crippen LogP contribution in [0.2, 0.25) is 0 Å². The van der Waals surface area contributed by atoms with Gasteiger partial charge in [-0.15, -0.1) is 0 Å². The highest BCUT2D eigenvalue weighted by atomic mass is 16.5. The molecule has 2 aromatic carbocycles. The van der Waals surface area contributed by atoms with E-state index in [0.29, 0.717) is 24.2 Å². The molecule has 0 saturated carbocycles. The first-order valence-electron chi connectivity index (χ1n) is 13.9. The molecule has 0 aliphatic carbocycles. The smallest absolute Gasteiger partial charge is 0.0632 e. The van der Waals surface area contributed by atoms with Crippen LogP contribution in [0.15, 0.2) is 60.7 Å². The second kappa shape index (κ2) is 14.8. The summed E-state index contributed by atoms with van der Waals surface area (Å²) in [5.74, 6) is 0. The third kappa shape index (κ3) is 8.37. The van der Waals surface area contributed by atoms with Crippen LogP contribution < -0.4 is 10.9 Å². The van der Waals surface area contributed by atoms with Crippen molar-refractivity contribution in [1.29, 1.82) is 0 Å². The van der Waals surface area contributed by atoms with E-state index < -0.39 is 0 Å². The number of hydrazine groups is 2. The molecule has 0 amide bonds. The van der Waals surface area contributed by atoms with Crippen LogP contribution in [0.1, 0.15) is 49.7 Å². The van der Waals surface area contributed by atoms with Crippen LogP contribution >= 0.6 is 0 Å². The number of nitrogens with zero attached hydrogens (tertiary/aromatic N) is 2. The molecule has 0 radical (unpaired) electrons. The lowest BCUT2D eigenvalue weighted by atomic mass is 9.96. The number of benzene rings is 2. The zero-order valence-electron chi connectivity index (χ0n) is 22.3. The number of rotatable bonds is 15. The van der Waals surface area contributed by atoms with Gasteiger partial charge in [0, 0.05) is 51.5 Å². The van der Waals surface area contributed by atoms with Crippen LogP contribution in [0.25, 0.3) is 0 Å². The van der Waals surface area contributed by atoms with Gasteiger partial charge in [-0.2, -0.15) is 0 Å². The topological polar surface area (TPSA) is 49.0 Å². The zero-order chi connectivity index (χ0) is 25.0. The predicted molar refractivity (Wildman–Crippen MR) is 147 cm³/mol. The molecule has 0 spiro atoms. The molecule has 0 aromatic heterocycles. The van der Waals surface area contributed by atoms with E-state index >= 15 is 0 Å². The summed E-state index contributed by atoms with van der Waals surface area (Å²) in [7, 11) is 3.63. The summed E-state index contributed by atoms with van der Waals surface area (Å²) in [5, 5.41) is 4.90. The second-order valence-corrected chi connectivity index (χ2v) is 10.5. The van der Waals surface area contributed by atoms with Crippen molar-refractivity contribution in [3.63, 3.8) is 0 Å². The Labute approximate surface area is 218 Å². The van der Waals surface area contributed by atoms with Gasteiger partial charge >= 0.3 is 0 Å². The minimum absolute atomic E-state index is 0.387. The molecule has 2 aliphatic rings. The molecule has 2 fully saturated rings. The van der Waals surface area contributed by atoms with Crippen molar-refractivity contribution >= 4 is 0 Å². The molecule has 2 aliphatic heterocycles. The molecule has 2 saturated heterocycles. The maximum Gasteiger partial charge on any atom is 0.0632 e. The zero-order valence-corrected chi connectivity index (χ0v) is 22.3. The van der Waals surface area contributed by atoms with Crippen LogP contribution in [-0.4, -0.2) is 74.7 Å². The maximum atomic E-state index is 5.52. The lowest BCUT2D eigenvalue weighted by Gasteiger charge is -2.33. The summed E-state index contributed by atoms with van der Waals surface area (Å²) in [6, 6.07) is 23.5. The van der Waals surface area contributed by atoms with Gasteiger partial charge in [0.05, 0.1) is 13.2 Å². The molecule has 36 heavy (non-hydrogen) atoms. The van der Waals surface area contributed by atoms with Gasteiger partial charge in [0.1, 0.15) is 0 Å². The normalized spacial score (nSPS) is 22.7. The van der Waals surface area contributed by atoms with Crippen molar-refractivity contribution < 1.29 is 9.47 Å². The third-order valence-electron chi connectivity index (χ3n) is 7.68. The second-order valence-electron chi connectivity index (χ2n) is 10.5. The Kier molecular flexibility index (Phi) is 11.2. The van der Waals surface area contributed by atoms with E-state index in [-0.39, 0.29) is 0 Å². The van der Waals surface area contributed by atoms with Crippen LogP contribution in [0, 0.1) is 0 Å². The SMILES string of the molecule is COC[C@@H]1CCCN1N[C@@H](CC[C@@H](Cc1ccccc1)NN1CCC[C@H]1COC)Cc1ccccc1. The number of hydrogen-bond acceptors (Lipinski definition) is 6. The maximum absolute atomic E-state index is 5.52. The largest absolute Gasteiger partial charge is 0.383 e. The van der Waals surface area contributed by atoms with Gasteiger partial charge in [-0.3, -0.25) is 10.9 Å². The summed E-state index contributed by atoms with van der Waals surface area (Å²) < 4.78 is 11.0. The van der Waals surface area contributed by atoms with E-state index in [2.05, 4.69) is 81.5 Å². The molecule has 4 atom stereocenters. The fourth-order valence-electron chi connectivity index (χ4n) is 5.84. The Morgan fingerprint density at radius 2 is 1.11 bits per heavy atom. The molecular formula is C30H46N4O2. The number of methoxy groups -OCH3 is 2. The molecule has 0 unspecified atom stereocenters. The fourth-order valence-corrected chi connectivity index (χ4v) is 5.84. The van der Waals surface area contributed by atoms with Gasteiger partial charge in [0.15, 0.2) is 0 Å². The van der Waals surface area contributed by atoms with Gasteiger partial charge in [0.25, 0.3) is 0 Å². The number of hydrogen-bond donors (Lipinski definition) is 2. The summed E-state index contributed by atoms with van der Waals surface area (Å²) in [6.07, 6.45) is 9.15. The first-order valence-corrected chi connectivity index (χ1v) is 13.9. The Bertz CT molecular complexity index is 781. The van der Waals surface area contributed by atoms with Crippen molar-refractivity contribution in [3.05, 3.63) is 71.8 Å². The lowest BCUT2D eigenvalue weighted by Crippen LogP contribution is -2.51. The van der Waals surface area contributed by atoms with Gasteiger partial charge < -0.3 is 9.47 Å². The minimum Gasteiger partial charge on any atom is -0.383 e. The highest BCUT2D eigenvalue weighted by Gasteiger charge is 2.29. The van der Waals surface area contributed by atoms with E-state index in [1.807, 2.05) is 14.2 Å². The van der Waals surface area contributed by atoms with Crippen LogP contribution in [0.5, 0.6) is 0 Å². The van der Waals surface area contributed by atoms with Gasteiger partial charge in [-0.25, -0.2) is 10.0 Å². The van der Waals surface area contributed by atoms with Crippen LogP contribution in [-0.2, 0) is 22.3 Å². The van der Waals surface area contributed by atoms with Gasteiger partial charge in [-0.1, -0.05) is 60.7 Å². The molecule has 6 nitrogen and oxygen atoms in total. The monoisotopic (exact) mass is 494 g/mol. The van der Waals surface area contributed by atoms with E-state index in [4.69, 9.17) is 9.47 Å². The molecule has 6 heteroatoms. The number of nitrogens with one attached hydrogen (secondary N) is 2. The van der Waals surface area contributed by atoms with Crippen molar-refractivity contribution in [2.45, 2.75) is 75.5 Å². The molecule has 2 heterocycles. The molecule has 4 rings (SSSR count). The molecule has 2 N–H and O–H groups in total. The summed E-state index contributed by atoms with van der Waals surface area (Å²) in [5.41, 5.74) is 10.7. The Hall–Kier alpha value is -1.80. The van der Waals surface area contributed by atoms with E-state index in [1.165, 1.54) is 36.8 Å². The van der Waals surface area contributed by atoms with Crippen molar-refractivity contribution in [1.82, 2.24) is 20.9 Å². The number of ether oxygens (including phenoxy) is 2. The Balaban J connectivity index is 1.44. The van der Waals surface area contributed by atoms with Crippen LogP contribution in [0.3, 0.4) is 0 Å². The standard InChI is InChI=1S/C30H46N4O2/c1-35-23-29-15-9-19-33(29)31-27(21-25-11-5-3-6-12-25)17-18-28(22-26-13-7-4-8-14-26)32-34-20-10-16-30(34)24-36-2/h3-8,11-14,27-32H,9-10,15-24H2,1-2H3/t27-,28-,29-,30-/m0/s1. The average molecular weight is 495 g/mol. The summed E-state index contributed by atoms with van der Waals surface area (Å²) in [6.45, 7) is 3.77. The lowest BCUT2D eigenvalue weighted by molar-refractivity contribution is 0.0608. The Morgan fingerprint density at radius 1 is 0.694 bits per heavy atom. The molecule has 0 bridgehead atoms. The fraction of sp³-hybridized carbons (Fsp3) is 0.600. The van der Waals surface area contributed by atoms with E-state index in [9.17, 15) is 0 Å². The van der Waals surface area contributed by atoms with E-state index in [0.717, 1.165) is 52.0 Å². The predicted octanol–water partition coefficient (Wildman–Crippen LogP) is 4.22. The first kappa shape index (κ1) is 27.2. The van der Waals surface area contributed by atoms with Crippen molar-refractivity contribution in [3.8, 4) is 0 Å². The van der Waals surface area contributed by atoms with Crippen molar-refractivity contribution in [2.75, 3.05) is 40.5 Å². The van der Waals surface area contributed by atoms with Crippen molar-refractivity contribution in [2.24, 2.45) is 0 Å². The molecule has 2 aromatic rings. The highest BCUT2D eigenvalue weighted by Crippen LogP contribution is 2.21. The first-order chi connectivity index (χ1) is 17.7. The summed E-state index contributed by atoms with van der Waals surface area (Å²) in [4.78, 5) is 0. The van der Waals surface area contributed by atoms with Crippen LogP contribution in [0.4, 0.5) is 0 Å². The average Bonchev–Trinajstić information content (AvgIpc) is 3.53. The Morgan fingerprint density at radius 3 is 1.50 bits per heavy atom. The molecule has 198 valence electrons. The summed E-state index contributed by atoms with van der Waals surface area (Å²) >= 11 is 0. The van der Waals surface area contributed by atoms with E-state index in [1.54, 1.807) is 0 Å². The van der Waals surface area contributed by atoms with Gasteiger partial charge in [0.2, 0.25) is 0 Å². The van der Waals surface area contributed by atoms with Gasteiger partial charge in [-0.05, 0) is 62.5 Å². The molecular weight excluding hydrogens is 448 g/mol. The quantitative estimate of drug-likeness (QED) is 0.387.